The van der Waals surface area contributed by atoms with Gasteiger partial charge in [-0.3, -0.25) is 4.79 Å². The lowest BCUT2D eigenvalue weighted by molar-refractivity contribution is 0.0763. The van der Waals surface area contributed by atoms with Crippen molar-refractivity contribution in [3.8, 4) is 5.75 Å². The van der Waals surface area contributed by atoms with Gasteiger partial charge in [0.05, 0.1) is 35.5 Å². The monoisotopic (exact) mass is 299 g/mol. The average molecular weight is 300 g/mol. The van der Waals surface area contributed by atoms with Gasteiger partial charge in [-0.15, -0.1) is 0 Å². The molecule has 1 aromatic rings. The van der Waals surface area contributed by atoms with Crippen molar-refractivity contribution in [1.29, 1.82) is 0 Å². The fraction of sp³-hybridized carbons (Fsp3) is 0.462. The Morgan fingerprint density at radius 1 is 1.60 bits per heavy atom. The molecule has 0 spiro atoms. The fourth-order valence-corrected chi connectivity index (χ4v) is 2.34. The molecule has 7 heteroatoms. The van der Waals surface area contributed by atoms with Crippen molar-refractivity contribution in [2.45, 2.75) is 18.6 Å². The van der Waals surface area contributed by atoms with E-state index >= 15 is 0 Å². The predicted molar refractivity (Wildman–Crippen MR) is 77.2 cm³/mol. The normalized spacial score (nSPS) is 22.4. The number of aliphatic hydroxyl groups is 1. The van der Waals surface area contributed by atoms with Crippen LogP contribution in [-0.2, 0) is 0 Å². The average Bonchev–Trinajstić information content (AvgIpc) is 2.43. The van der Waals surface area contributed by atoms with Crippen molar-refractivity contribution in [2.75, 3.05) is 25.9 Å². The van der Waals surface area contributed by atoms with E-state index in [1.165, 1.54) is 19.2 Å². The van der Waals surface area contributed by atoms with Crippen LogP contribution in [0.1, 0.15) is 16.8 Å². The molecule has 0 radical (unpaired) electrons. The van der Waals surface area contributed by atoms with Gasteiger partial charge in [0.1, 0.15) is 5.75 Å². The highest BCUT2D eigenvalue weighted by Gasteiger charge is 2.26. The van der Waals surface area contributed by atoms with E-state index in [1.54, 1.807) is 0 Å². The van der Waals surface area contributed by atoms with E-state index in [2.05, 4.69) is 10.6 Å². The summed E-state index contributed by atoms with van der Waals surface area (Å²) in [5, 5.41) is 16.0. The van der Waals surface area contributed by atoms with Gasteiger partial charge in [0, 0.05) is 12.6 Å². The van der Waals surface area contributed by atoms with Crippen LogP contribution in [0.4, 0.5) is 5.69 Å². The molecule has 1 amide bonds. The van der Waals surface area contributed by atoms with Crippen molar-refractivity contribution in [1.82, 2.24) is 10.6 Å². The number of nitrogens with two attached hydrogens (primary N) is 1. The van der Waals surface area contributed by atoms with Crippen LogP contribution in [-0.4, -0.2) is 43.4 Å². The Kier molecular flexibility index (Phi) is 4.69. The van der Waals surface area contributed by atoms with Crippen LogP contribution in [0.15, 0.2) is 12.1 Å². The SMILES string of the molecule is COc1cc(N)c(Cl)cc1C(=O)NC1CCNCC1O. The Morgan fingerprint density at radius 2 is 2.35 bits per heavy atom. The molecule has 0 saturated carbocycles. The minimum absolute atomic E-state index is 0.287. The number of carbonyl (C=O) groups excluding carboxylic acids is 1. The summed E-state index contributed by atoms with van der Waals surface area (Å²) in [4.78, 5) is 12.3. The molecule has 2 unspecified atom stereocenters. The molecule has 1 fully saturated rings. The minimum atomic E-state index is -0.608. The number of methoxy groups -OCH3 is 1. The van der Waals surface area contributed by atoms with Gasteiger partial charge in [-0.05, 0) is 19.0 Å². The zero-order chi connectivity index (χ0) is 14.7. The lowest BCUT2D eigenvalue weighted by Gasteiger charge is -2.29. The van der Waals surface area contributed by atoms with Crippen molar-refractivity contribution in [3.63, 3.8) is 0 Å². The number of piperidine rings is 1. The molecule has 2 atom stereocenters. The van der Waals surface area contributed by atoms with Crippen LogP contribution in [0.25, 0.3) is 0 Å². The van der Waals surface area contributed by atoms with Crippen molar-refractivity contribution in [3.05, 3.63) is 22.7 Å². The zero-order valence-corrected chi connectivity index (χ0v) is 11.9. The number of β-amino-alcohol motifs (C(OH)–C–C–N with tert-alkyl or cyclic N) is 1. The summed E-state index contributed by atoms with van der Waals surface area (Å²) < 4.78 is 5.14. The third-order valence-corrected chi connectivity index (χ3v) is 3.66. The van der Waals surface area contributed by atoms with E-state index in [0.717, 1.165) is 6.54 Å². The number of anilines is 1. The molecule has 1 aliphatic heterocycles. The van der Waals surface area contributed by atoms with Gasteiger partial charge < -0.3 is 26.2 Å². The summed E-state index contributed by atoms with van der Waals surface area (Å²) in [5.41, 5.74) is 6.33. The Bertz CT molecular complexity index is 510. The molecule has 1 aliphatic rings. The van der Waals surface area contributed by atoms with Crippen molar-refractivity contribution < 1.29 is 14.6 Å². The molecule has 110 valence electrons. The van der Waals surface area contributed by atoms with Crippen LogP contribution in [0.3, 0.4) is 0 Å². The van der Waals surface area contributed by atoms with Crippen LogP contribution < -0.4 is 21.1 Å². The van der Waals surface area contributed by atoms with Gasteiger partial charge in [0.2, 0.25) is 0 Å². The number of amides is 1. The van der Waals surface area contributed by atoms with Gasteiger partial charge in [-0.25, -0.2) is 0 Å². The first kappa shape index (κ1) is 14.9. The third kappa shape index (κ3) is 3.15. The Morgan fingerprint density at radius 3 is 3.00 bits per heavy atom. The highest BCUT2D eigenvalue weighted by atomic mass is 35.5. The second-order valence-electron chi connectivity index (χ2n) is 4.71. The number of ether oxygens (including phenoxy) is 1. The first-order chi connectivity index (χ1) is 9.52. The summed E-state index contributed by atoms with van der Waals surface area (Å²) in [6.45, 7) is 1.21. The second-order valence-corrected chi connectivity index (χ2v) is 5.12. The predicted octanol–water partition coefficient (Wildman–Crippen LogP) is 0.383. The number of hydrogen-bond donors (Lipinski definition) is 4. The number of carbonyl (C=O) groups is 1. The molecule has 1 aromatic carbocycles. The van der Waals surface area contributed by atoms with Crippen molar-refractivity contribution >= 4 is 23.2 Å². The summed E-state index contributed by atoms with van der Waals surface area (Å²) in [6, 6.07) is 2.69. The molecule has 0 aliphatic carbocycles. The molecule has 2 rings (SSSR count). The zero-order valence-electron chi connectivity index (χ0n) is 11.1. The number of benzene rings is 1. The number of nitrogen functional groups attached to an aromatic ring is 1. The Balaban J connectivity index is 2.18. The molecule has 1 heterocycles. The number of hydrogen-bond acceptors (Lipinski definition) is 5. The van der Waals surface area contributed by atoms with Crippen LogP contribution in [0.2, 0.25) is 5.02 Å². The number of rotatable bonds is 3. The number of aliphatic hydroxyl groups excluding tert-OH is 1. The topological polar surface area (TPSA) is 96.6 Å². The van der Waals surface area contributed by atoms with Crippen molar-refractivity contribution in [2.24, 2.45) is 0 Å². The summed E-state index contributed by atoms with van der Waals surface area (Å²) >= 11 is 5.94. The smallest absolute Gasteiger partial charge is 0.255 e. The quantitative estimate of drug-likeness (QED) is 0.605. The van der Waals surface area contributed by atoms with Crippen LogP contribution >= 0.6 is 11.6 Å². The first-order valence-electron chi connectivity index (χ1n) is 6.35. The van der Waals surface area contributed by atoms with E-state index in [9.17, 15) is 9.90 Å². The minimum Gasteiger partial charge on any atom is -0.496 e. The standard InChI is InChI=1S/C13H18ClN3O3/c1-20-12-5-9(15)8(14)4-7(12)13(19)17-10-2-3-16-6-11(10)18/h4-5,10-11,16,18H,2-3,6,15H2,1H3,(H,17,19). The number of nitrogens with one attached hydrogen (secondary N) is 2. The van der Waals surface area contributed by atoms with E-state index < -0.39 is 6.10 Å². The molecular formula is C13H18ClN3O3. The van der Waals surface area contributed by atoms with Gasteiger partial charge in [-0.2, -0.15) is 0 Å². The van der Waals surface area contributed by atoms with Gasteiger partial charge in [-0.1, -0.05) is 11.6 Å². The van der Waals surface area contributed by atoms with E-state index in [1.807, 2.05) is 0 Å². The number of halogens is 1. The van der Waals surface area contributed by atoms with Gasteiger partial charge in [0.15, 0.2) is 0 Å². The molecular weight excluding hydrogens is 282 g/mol. The van der Waals surface area contributed by atoms with Crippen LogP contribution in [0, 0.1) is 0 Å². The van der Waals surface area contributed by atoms with Gasteiger partial charge in [0.25, 0.3) is 5.91 Å². The molecule has 20 heavy (non-hydrogen) atoms. The molecule has 1 saturated heterocycles. The Hall–Kier alpha value is -1.50. The molecule has 0 aromatic heterocycles. The summed E-state index contributed by atoms with van der Waals surface area (Å²) in [7, 11) is 1.46. The highest BCUT2D eigenvalue weighted by molar-refractivity contribution is 6.33. The Labute approximate surface area is 122 Å². The summed E-state index contributed by atoms with van der Waals surface area (Å²) in [6.07, 6.45) is 0.0562. The molecule has 0 bridgehead atoms. The third-order valence-electron chi connectivity index (χ3n) is 3.33. The second kappa shape index (κ2) is 6.30. The molecule has 6 nitrogen and oxygen atoms in total. The maximum Gasteiger partial charge on any atom is 0.255 e. The van der Waals surface area contributed by atoms with Crippen LogP contribution in [0.5, 0.6) is 5.75 Å². The first-order valence-corrected chi connectivity index (χ1v) is 6.73. The van der Waals surface area contributed by atoms with Gasteiger partial charge >= 0.3 is 0 Å². The summed E-state index contributed by atoms with van der Waals surface area (Å²) in [5.74, 6) is 0.0162. The van der Waals surface area contributed by atoms with E-state index in [4.69, 9.17) is 22.1 Å². The van der Waals surface area contributed by atoms with E-state index in [0.29, 0.717) is 35.0 Å². The fourth-order valence-electron chi connectivity index (χ4n) is 2.17. The van der Waals surface area contributed by atoms with E-state index in [-0.39, 0.29) is 11.9 Å². The molecule has 5 N–H and O–H groups in total. The highest BCUT2D eigenvalue weighted by Crippen LogP contribution is 2.28. The lowest BCUT2D eigenvalue weighted by Crippen LogP contribution is -2.52. The maximum absolute atomic E-state index is 12.3. The largest absolute Gasteiger partial charge is 0.496 e. The maximum atomic E-state index is 12.3. The lowest BCUT2D eigenvalue weighted by atomic mass is 10.0.